The Bertz CT molecular complexity index is 891. The fraction of sp³-hybridized carbons (Fsp3) is 0.476. The van der Waals surface area contributed by atoms with Crippen molar-refractivity contribution in [1.29, 1.82) is 0 Å². The lowest BCUT2D eigenvalue weighted by atomic mass is 9.49. The van der Waals surface area contributed by atoms with E-state index >= 15 is 0 Å². The zero-order chi connectivity index (χ0) is 17.1. The summed E-state index contributed by atoms with van der Waals surface area (Å²) in [6.45, 7) is 0. The average Bonchev–Trinajstić information content (AvgIpc) is 3.33. The van der Waals surface area contributed by atoms with Gasteiger partial charge in [0.15, 0.2) is 0 Å². The molecule has 3 aromatic rings. The van der Waals surface area contributed by atoms with Crippen LogP contribution in [0.3, 0.4) is 0 Å². The second-order valence-electron chi connectivity index (χ2n) is 8.60. The van der Waals surface area contributed by atoms with Crippen LogP contribution in [0.1, 0.15) is 44.2 Å². The van der Waals surface area contributed by atoms with Gasteiger partial charge in [-0.2, -0.15) is 0 Å². The summed E-state index contributed by atoms with van der Waals surface area (Å²) in [6, 6.07) is 8.63. The first kappa shape index (κ1) is 15.5. The van der Waals surface area contributed by atoms with E-state index in [0.29, 0.717) is 5.41 Å². The fourth-order valence-corrected chi connectivity index (χ4v) is 7.56. The number of hydrogen-bond acceptors (Lipinski definition) is 5. The van der Waals surface area contributed by atoms with Crippen molar-refractivity contribution in [1.82, 2.24) is 14.6 Å². The molecule has 4 aliphatic rings. The van der Waals surface area contributed by atoms with Crippen molar-refractivity contribution in [3.63, 3.8) is 0 Å². The van der Waals surface area contributed by atoms with E-state index in [1.165, 1.54) is 66.3 Å². The van der Waals surface area contributed by atoms with Crippen LogP contribution in [0.25, 0.3) is 21.8 Å². The lowest BCUT2D eigenvalue weighted by molar-refractivity contribution is -0.00689. The van der Waals surface area contributed by atoms with Gasteiger partial charge >= 0.3 is 0 Å². The normalized spacial score (nSPS) is 32.2. The van der Waals surface area contributed by atoms with Gasteiger partial charge in [0, 0.05) is 27.3 Å². The lowest BCUT2D eigenvalue weighted by Crippen LogP contribution is -2.48. The Hall–Kier alpha value is -1.59. The highest BCUT2D eigenvalue weighted by molar-refractivity contribution is 7.13. The van der Waals surface area contributed by atoms with Gasteiger partial charge in [-0.1, -0.05) is 28.8 Å². The molecule has 0 amide bonds. The van der Waals surface area contributed by atoms with Crippen molar-refractivity contribution < 1.29 is 0 Å². The summed E-state index contributed by atoms with van der Waals surface area (Å²) < 4.78 is 3.95. The second-order valence-corrected chi connectivity index (χ2v) is 10.1. The monoisotopic (exact) mass is 379 g/mol. The topological polar surface area (TPSA) is 38.7 Å². The number of benzene rings is 1. The number of hydrogen-bond donors (Lipinski definition) is 0. The van der Waals surface area contributed by atoms with E-state index in [1.54, 1.807) is 0 Å². The van der Waals surface area contributed by atoms with Crippen LogP contribution in [0, 0.1) is 17.8 Å². The van der Waals surface area contributed by atoms with Gasteiger partial charge in [-0.05, 0) is 67.8 Å². The largest absolute Gasteiger partial charge is 0.241 e. The first-order chi connectivity index (χ1) is 12.8. The highest BCUT2D eigenvalue weighted by atomic mass is 32.1. The van der Waals surface area contributed by atoms with Crippen LogP contribution in [0.4, 0.5) is 0 Å². The molecule has 4 aliphatic carbocycles. The van der Waals surface area contributed by atoms with Crippen LogP contribution in [0.15, 0.2) is 35.0 Å². The third-order valence-corrected chi connectivity index (χ3v) is 8.27. The molecule has 0 spiro atoms. The summed E-state index contributed by atoms with van der Waals surface area (Å²) in [5.41, 5.74) is 5.09. The van der Waals surface area contributed by atoms with Gasteiger partial charge in [0.25, 0.3) is 0 Å². The van der Waals surface area contributed by atoms with E-state index in [-0.39, 0.29) is 0 Å². The summed E-state index contributed by atoms with van der Waals surface area (Å²) in [4.78, 5) is 5.16. The van der Waals surface area contributed by atoms with Crippen LogP contribution < -0.4 is 0 Å². The highest BCUT2D eigenvalue weighted by Crippen LogP contribution is 2.60. The average molecular weight is 380 g/mol. The standard InChI is InChI=1S/C21H21N3S2/c1-3-17(4-2-16(1)18-11-26-24-23-18)20-22-19(12-25-20)21-8-13-5-14(9-21)7-15(6-13)10-21/h1-4,11-15H,5-10H2. The molecule has 0 radical (unpaired) electrons. The molecule has 2 heterocycles. The molecular weight excluding hydrogens is 358 g/mol. The molecule has 3 nitrogen and oxygen atoms in total. The summed E-state index contributed by atoms with van der Waals surface area (Å²) in [5, 5.41) is 9.67. The Kier molecular flexibility index (Phi) is 3.39. The molecule has 0 aliphatic heterocycles. The molecule has 26 heavy (non-hydrogen) atoms. The smallest absolute Gasteiger partial charge is 0.123 e. The van der Waals surface area contributed by atoms with E-state index in [2.05, 4.69) is 39.2 Å². The molecular formula is C21H21N3S2. The fourth-order valence-electron chi connectivity index (χ4n) is 6.15. The van der Waals surface area contributed by atoms with Crippen LogP contribution in [-0.4, -0.2) is 14.6 Å². The Morgan fingerprint density at radius 2 is 1.50 bits per heavy atom. The van der Waals surface area contributed by atoms with Gasteiger partial charge in [-0.15, -0.1) is 16.4 Å². The van der Waals surface area contributed by atoms with Crippen LogP contribution in [0.2, 0.25) is 0 Å². The Morgan fingerprint density at radius 3 is 2.12 bits per heavy atom. The number of rotatable bonds is 3. The van der Waals surface area contributed by atoms with Crippen molar-refractivity contribution in [3.05, 3.63) is 40.7 Å². The molecule has 5 heteroatoms. The molecule has 0 saturated heterocycles. The summed E-state index contributed by atoms with van der Waals surface area (Å²) in [6.07, 6.45) is 8.63. The van der Waals surface area contributed by atoms with Crippen molar-refractivity contribution in [2.24, 2.45) is 17.8 Å². The Balaban J connectivity index is 1.31. The zero-order valence-corrected chi connectivity index (χ0v) is 16.2. The minimum absolute atomic E-state index is 0.399. The molecule has 4 fully saturated rings. The second kappa shape index (κ2) is 5.70. The van der Waals surface area contributed by atoms with Crippen molar-refractivity contribution in [3.8, 4) is 21.8 Å². The van der Waals surface area contributed by atoms with Crippen molar-refractivity contribution >= 4 is 22.9 Å². The predicted octanol–water partition coefficient (Wildman–Crippen LogP) is 5.80. The predicted molar refractivity (Wildman–Crippen MR) is 106 cm³/mol. The molecule has 4 saturated carbocycles. The maximum Gasteiger partial charge on any atom is 0.123 e. The van der Waals surface area contributed by atoms with Gasteiger partial charge in [0.1, 0.15) is 10.7 Å². The van der Waals surface area contributed by atoms with E-state index < -0.39 is 0 Å². The van der Waals surface area contributed by atoms with Gasteiger partial charge in [-0.3, -0.25) is 0 Å². The van der Waals surface area contributed by atoms with Crippen molar-refractivity contribution in [2.45, 2.75) is 43.9 Å². The molecule has 132 valence electrons. The molecule has 4 bridgehead atoms. The number of thiazole rings is 1. The Labute approximate surface area is 161 Å². The first-order valence-electron chi connectivity index (χ1n) is 9.61. The summed E-state index contributed by atoms with van der Waals surface area (Å²) in [5.74, 6) is 2.91. The summed E-state index contributed by atoms with van der Waals surface area (Å²) in [7, 11) is 0. The van der Waals surface area contributed by atoms with Gasteiger partial charge in [0.05, 0.1) is 5.69 Å². The maximum absolute atomic E-state index is 5.16. The molecule has 0 atom stereocenters. The molecule has 0 N–H and O–H groups in total. The van der Waals surface area contributed by atoms with Gasteiger partial charge < -0.3 is 0 Å². The van der Waals surface area contributed by atoms with Crippen LogP contribution in [0.5, 0.6) is 0 Å². The minimum atomic E-state index is 0.399. The van der Waals surface area contributed by atoms with Gasteiger partial charge in [-0.25, -0.2) is 4.98 Å². The van der Waals surface area contributed by atoms with Crippen molar-refractivity contribution in [2.75, 3.05) is 0 Å². The van der Waals surface area contributed by atoms with E-state index in [9.17, 15) is 0 Å². The van der Waals surface area contributed by atoms with Gasteiger partial charge in [0.2, 0.25) is 0 Å². The number of nitrogens with zero attached hydrogens (tertiary/aromatic N) is 3. The van der Waals surface area contributed by atoms with E-state index in [4.69, 9.17) is 4.98 Å². The lowest BCUT2D eigenvalue weighted by Gasteiger charge is -2.56. The third kappa shape index (κ3) is 2.40. The highest BCUT2D eigenvalue weighted by Gasteiger charge is 2.52. The quantitative estimate of drug-likeness (QED) is 0.577. The maximum atomic E-state index is 5.16. The molecule has 2 aromatic heterocycles. The first-order valence-corrected chi connectivity index (χ1v) is 11.3. The van der Waals surface area contributed by atoms with E-state index in [1.807, 2.05) is 16.7 Å². The Morgan fingerprint density at radius 1 is 0.846 bits per heavy atom. The third-order valence-electron chi connectivity index (χ3n) is 6.87. The number of aromatic nitrogens is 3. The van der Waals surface area contributed by atoms with Crippen LogP contribution in [-0.2, 0) is 5.41 Å². The molecule has 7 rings (SSSR count). The van der Waals surface area contributed by atoms with Crippen LogP contribution >= 0.6 is 22.9 Å². The molecule has 0 unspecified atom stereocenters. The minimum Gasteiger partial charge on any atom is -0.241 e. The zero-order valence-electron chi connectivity index (χ0n) is 14.6. The molecule has 1 aromatic carbocycles. The summed E-state index contributed by atoms with van der Waals surface area (Å²) >= 11 is 3.21. The van der Waals surface area contributed by atoms with E-state index in [0.717, 1.165) is 29.0 Å². The SMILES string of the molecule is c1cc(-c2nc(C34CC5CC(CC(C5)C3)C4)cs2)ccc1-c1csnn1.